The molecular weight excluding hydrogens is 220 g/mol. The number of aromatic nitrogens is 2. The molecule has 2 aliphatic rings. The van der Waals surface area contributed by atoms with Gasteiger partial charge in [0.2, 0.25) is 0 Å². The van der Waals surface area contributed by atoms with Crippen LogP contribution >= 0.6 is 11.8 Å². The Kier molecular flexibility index (Phi) is 2.42. The summed E-state index contributed by atoms with van der Waals surface area (Å²) in [7, 11) is 1.92. The van der Waals surface area contributed by atoms with Gasteiger partial charge in [-0.15, -0.1) is 0 Å². The van der Waals surface area contributed by atoms with Crippen molar-refractivity contribution in [3.63, 3.8) is 0 Å². The Morgan fingerprint density at radius 2 is 2.25 bits per heavy atom. The number of hydrogen-bond acceptors (Lipinski definition) is 4. The van der Waals surface area contributed by atoms with Gasteiger partial charge in [-0.05, 0) is 12.8 Å². The molecule has 1 N–H and O–H groups in total. The topological polar surface area (TPSA) is 42.2 Å². The minimum absolute atomic E-state index is 0.252. The average molecular weight is 236 g/mol. The third-order valence-corrected chi connectivity index (χ3v) is 4.45. The highest BCUT2D eigenvalue weighted by atomic mass is 32.2. The molecule has 1 aliphatic heterocycles. The maximum absolute atomic E-state index is 4.84. The molecule has 2 heterocycles. The van der Waals surface area contributed by atoms with Crippen LogP contribution in [0.2, 0.25) is 0 Å². The molecule has 1 aliphatic carbocycles. The lowest BCUT2D eigenvalue weighted by molar-refractivity contribution is 0.508. The first kappa shape index (κ1) is 10.2. The molecule has 5 heteroatoms. The van der Waals surface area contributed by atoms with Crippen LogP contribution in [0.1, 0.15) is 25.7 Å². The number of aliphatic imine (C=N–C) groups is 1. The average Bonchev–Trinajstić information content (AvgIpc) is 2.94. The highest BCUT2D eigenvalue weighted by Gasteiger charge is 2.38. The lowest BCUT2D eigenvalue weighted by Gasteiger charge is -2.16. The van der Waals surface area contributed by atoms with Gasteiger partial charge in [0.1, 0.15) is 0 Å². The van der Waals surface area contributed by atoms with Crippen molar-refractivity contribution in [2.45, 2.75) is 31.2 Å². The Hall–Kier alpha value is -0.970. The van der Waals surface area contributed by atoms with Gasteiger partial charge in [0.05, 0.1) is 5.54 Å². The van der Waals surface area contributed by atoms with Crippen molar-refractivity contribution in [3.05, 3.63) is 12.3 Å². The largest absolute Gasteiger partial charge is 0.318 e. The van der Waals surface area contributed by atoms with Crippen molar-refractivity contribution in [3.8, 4) is 0 Å². The van der Waals surface area contributed by atoms with Gasteiger partial charge >= 0.3 is 0 Å². The minimum atomic E-state index is 0.252. The molecule has 0 saturated heterocycles. The first-order chi connectivity index (χ1) is 7.76. The zero-order valence-corrected chi connectivity index (χ0v) is 10.3. The summed E-state index contributed by atoms with van der Waals surface area (Å²) in [6.45, 7) is 0. The van der Waals surface area contributed by atoms with Crippen LogP contribution < -0.4 is 5.32 Å². The second-order valence-electron chi connectivity index (χ2n) is 4.64. The van der Waals surface area contributed by atoms with Crippen molar-refractivity contribution < 1.29 is 0 Å². The van der Waals surface area contributed by atoms with Gasteiger partial charge in [0.25, 0.3) is 0 Å². The molecule has 0 radical (unpaired) electrons. The number of nitrogens with zero attached hydrogens (tertiary/aromatic N) is 3. The predicted molar refractivity (Wildman–Crippen MR) is 67.9 cm³/mol. The molecule has 1 aromatic rings. The van der Waals surface area contributed by atoms with Crippen molar-refractivity contribution >= 4 is 22.7 Å². The molecule has 1 saturated carbocycles. The lowest BCUT2D eigenvalue weighted by atomic mass is 10.0. The molecule has 0 bridgehead atoms. The summed E-state index contributed by atoms with van der Waals surface area (Å²) in [5.41, 5.74) is 0.252. The molecule has 3 rings (SSSR count). The van der Waals surface area contributed by atoms with E-state index in [-0.39, 0.29) is 5.54 Å². The van der Waals surface area contributed by atoms with Crippen molar-refractivity contribution in [1.29, 1.82) is 0 Å². The van der Waals surface area contributed by atoms with Gasteiger partial charge in [-0.1, -0.05) is 24.6 Å². The summed E-state index contributed by atoms with van der Waals surface area (Å²) in [5.74, 6) is 2.03. The standard InChI is InChI=1S/C11H16N4S/c1-15-7-4-9(14-15)12-10-13-11(8-16-10)5-2-3-6-11/h4,7H,2-3,5-6,8H2,1H3,(H,12,13,14). The van der Waals surface area contributed by atoms with E-state index in [4.69, 9.17) is 4.99 Å². The van der Waals surface area contributed by atoms with Crippen LogP contribution in [0.15, 0.2) is 17.3 Å². The van der Waals surface area contributed by atoms with E-state index in [1.165, 1.54) is 25.7 Å². The molecular formula is C11H16N4S. The fourth-order valence-electron chi connectivity index (χ4n) is 2.43. The fourth-order valence-corrected chi connectivity index (χ4v) is 3.62. The van der Waals surface area contributed by atoms with Crippen LogP contribution in [0, 0.1) is 0 Å². The third kappa shape index (κ3) is 1.84. The number of nitrogens with one attached hydrogen (secondary N) is 1. The molecule has 0 aromatic carbocycles. The van der Waals surface area contributed by atoms with Crippen molar-refractivity contribution in [1.82, 2.24) is 9.78 Å². The number of amidine groups is 1. The molecule has 0 amide bonds. The Morgan fingerprint density at radius 1 is 1.44 bits per heavy atom. The molecule has 16 heavy (non-hydrogen) atoms. The molecule has 1 aromatic heterocycles. The molecule has 0 unspecified atom stereocenters. The Morgan fingerprint density at radius 3 is 2.94 bits per heavy atom. The van der Waals surface area contributed by atoms with E-state index >= 15 is 0 Å². The monoisotopic (exact) mass is 236 g/mol. The second-order valence-corrected chi connectivity index (χ2v) is 5.60. The van der Waals surface area contributed by atoms with Gasteiger partial charge in [0, 0.05) is 25.1 Å². The Bertz CT molecular complexity index is 417. The van der Waals surface area contributed by atoms with E-state index in [9.17, 15) is 0 Å². The van der Waals surface area contributed by atoms with Gasteiger partial charge in [-0.2, -0.15) is 5.10 Å². The predicted octanol–water partition coefficient (Wildman–Crippen LogP) is 2.25. The summed E-state index contributed by atoms with van der Waals surface area (Å²) in [6, 6.07) is 1.97. The quantitative estimate of drug-likeness (QED) is 0.813. The summed E-state index contributed by atoms with van der Waals surface area (Å²) < 4.78 is 1.80. The van der Waals surface area contributed by atoms with Gasteiger partial charge < -0.3 is 5.32 Å². The van der Waals surface area contributed by atoms with E-state index < -0.39 is 0 Å². The number of hydrogen-bond donors (Lipinski definition) is 1. The van der Waals surface area contributed by atoms with E-state index in [1.54, 1.807) is 4.68 Å². The Labute approximate surface area is 99.5 Å². The summed E-state index contributed by atoms with van der Waals surface area (Å²) in [4.78, 5) is 4.84. The van der Waals surface area contributed by atoms with E-state index in [1.807, 2.05) is 31.1 Å². The van der Waals surface area contributed by atoms with Crippen LogP contribution in [0.3, 0.4) is 0 Å². The van der Waals surface area contributed by atoms with Crippen LogP contribution in [0.5, 0.6) is 0 Å². The maximum atomic E-state index is 4.84. The van der Waals surface area contributed by atoms with Gasteiger partial charge in [-0.25, -0.2) is 0 Å². The van der Waals surface area contributed by atoms with E-state index in [2.05, 4.69) is 10.4 Å². The third-order valence-electron chi connectivity index (χ3n) is 3.30. The molecule has 86 valence electrons. The first-order valence-corrected chi connectivity index (χ1v) is 6.74. The Balaban J connectivity index is 1.72. The van der Waals surface area contributed by atoms with Crippen LogP contribution in [0.4, 0.5) is 5.82 Å². The van der Waals surface area contributed by atoms with E-state index in [0.29, 0.717) is 0 Å². The number of aryl methyl sites for hydroxylation is 1. The molecule has 1 spiro atoms. The van der Waals surface area contributed by atoms with Crippen molar-refractivity contribution in [2.24, 2.45) is 12.0 Å². The summed E-state index contributed by atoms with van der Waals surface area (Å²) in [5, 5.41) is 8.64. The zero-order valence-electron chi connectivity index (χ0n) is 9.44. The van der Waals surface area contributed by atoms with Crippen LogP contribution in [0.25, 0.3) is 0 Å². The minimum Gasteiger partial charge on any atom is -0.318 e. The second kappa shape index (κ2) is 3.80. The highest BCUT2D eigenvalue weighted by Crippen LogP contribution is 2.41. The van der Waals surface area contributed by atoms with Gasteiger partial charge in [0.15, 0.2) is 11.0 Å². The number of thioether (sulfide) groups is 1. The lowest BCUT2D eigenvalue weighted by Crippen LogP contribution is -2.21. The number of anilines is 1. The fraction of sp³-hybridized carbons (Fsp3) is 0.636. The van der Waals surface area contributed by atoms with E-state index in [0.717, 1.165) is 16.7 Å². The zero-order chi connectivity index (χ0) is 11.0. The van der Waals surface area contributed by atoms with Gasteiger partial charge in [-0.3, -0.25) is 9.67 Å². The number of rotatable bonds is 1. The summed E-state index contributed by atoms with van der Waals surface area (Å²) in [6.07, 6.45) is 7.12. The SMILES string of the molecule is Cn1ccc(NC2=NC3(CCCC3)CS2)n1. The van der Waals surface area contributed by atoms with Crippen LogP contribution in [-0.2, 0) is 7.05 Å². The molecule has 0 atom stereocenters. The normalized spacial score (nSPS) is 22.7. The highest BCUT2D eigenvalue weighted by molar-refractivity contribution is 8.14. The maximum Gasteiger partial charge on any atom is 0.162 e. The summed E-state index contributed by atoms with van der Waals surface area (Å²) >= 11 is 1.83. The molecule has 1 fully saturated rings. The van der Waals surface area contributed by atoms with Crippen LogP contribution in [-0.4, -0.2) is 26.2 Å². The molecule has 4 nitrogen and oxygen atoms in total. The first-order valence-electron chi connectivity index (χ1n) is 5.75. The smallest absolute Gasteiger partial charge is 0.162 e. The van der Waals surface area contributed by atoms with Crippen molar-refractivity contribution in [2.75, 3.05) is 11.1 Å².